The Morgan fingerprint density at radius 1 is 0.300 bits per heavy atom. The third kappa shape index (κ3) is 12.0. The average Bonchev–Trinajstić information content (AvgIpc) is 3.93. The van der Waals surface area contributed by atoms with Crippen LogP contribution in [0.1, 0.15) is 250 Å². The van der Waals surface area contributed by atoms with Crippen LogP contribution in [0.3, 0.4) is 0 Å². The molecule has 2 heterocycles. The van der Waals surface area contributed by atoms with Crippen LogP contribution >= 0.6 is 17.2 Å². The number of hydrogen-bond acceptors (Lipinski definition) is 8. The van der Waals surface area contributed by atoms with Gasteiger partial charge in [0.05, 0.1) is 48.8 Å². The van der Waals surface area contributed by atoms with Crippen molar-refractivity contribution >= 4 is 17.2 Å². The van der Waals surface area contributed by atoms with Crippen LogP contribution in [0.25, 0.3) is 0 Å². The first-order valence-electron chi connectivity index (χ1n) is 34.8. The van der Waals surface area contributed by atoms with Gasteiger partial charge in [-0.3, -0.25) is 0 Å². The molecule has 0 amide bonds. The summed E-state index contributed by atoms with van der Waals surface area (Å²) in [6, 6.07) is 0. The van der Waals surface area contributed by atoms with E-state index in [-0.39, 0.29) is 82.3 Å². The first-order valence-corrected chi connectivity index (χ1v) is 36.9. The molecule has 80 heavy (non-hydrogen) atoms. The van der Waals surface area contributed by atoms with Crippen LogP contribution in [0.5, 0.6) is 0 Å². The highest BCUT2D eigenvalue weighted by molar-refractivity contribution is 7.42. The van der Waals surface area contributed by atoms with E-state index in [1.165, 1.54) is 128 Å². The average molecular weight is 1150 g/mol. The minimum absolute atomic E-state index is 0.0244. The summed E-state index contributed by atoms with van der Waals surface area (Å²) in [5.74, 6) is 10.6. The quantitative estimate of drug-likeness (QED) is 0.234. The molecule has 12 fully saturated rings. The van der Waals surface area contributed by atoms with Gasteiger partial charge in [0.1, 0.15) is 0 Å². The lowest BCUT2D eigenvalue weighted by Gasteiger charge is -2.59. The van der Waals surface area contributed by atoms with E-state index in [4.69, 9.17) is 36.6 Å². The Balaban J connectivity index is 0.896. The van der Waals surface area contributed by atoms with Gasteiger partial charge in [0.25, 0.3) is 0 Å². The summed E-state index contributed by atoms with van der Waals surface area (Å²) in [5.41, 5.74) is 0.525. The monoisotopic (exact) mass is 1150 g/mol. The van der Waals surface area contributed by atoms with Crippen molar-refractivity contribution in [1.82, 2.24) is 0 Å². The van der Waals surface area contributed by atoms with Crippen molar-refractivity contribution in [1.29, 1.82) is 0 Å². The molecule has 0 aromatic carbocycles. The standard InChI is InChI=1S/C70H120O8P2/c1-67(2,3)53-35-41-23-15-19-27-47(41)59-60-48-28-20-16-24-42(48)36-54(68(4,5)6)64(60)76-79(75-63(53)59)73-57-33-31-45(71-13)39-51(57)52-40-46(72-14)32-34-58(52)74-80-77-65-55(69(7,8)9)37-43-25-17-21-29-49(43)61(65)62-50-30-22-18-26-44(50)38-56(66(62)78-80)70(10,11)12/h41-66H,15-40H2,1-14H3/t41?,42?,43?,44?,45?,46?,47?,48?,49?,50?,51?,52?,53-,54?,55-,56?,57?,58?,59?,60?,61?,62?,63?,64?,65?,66?,79?,80?/m1/s1. The van der Waals surface area contributed by atoms with Gasteiger partial charge in [0.15, 0.2) is 0 Å². The van der Waals surface area contributed by atoms with Crippen LogP contribution in [0.2, 0.25) is 0 Å². The molecule has 12 aliphatic rings. The third-order valence-corrected chi connectivity index (χ3v) is 29.1. The highest BCUT2D eigenvalue weighted by atomic mass is 31.2. The molecule has 12 rings (SSSR count). The van der Waals surface area contributed by atoms with Gasteiger partial charge in [-0.2, -0.15) is 0 Å². The summed E-state index contributed by atoms with van der Waals surface area (Å²) >= 11 is 0. The summed E-state index contributed by atoms with van der Waals surface area (Å²) in [4.78, 5) is 0. The van der Waals surface area contributed by atoms with Crippen molar-refractivity contribution in [2.45, 2.75) is 299 Å². The van der Waals surface area contributed by atoms with Crippen molar-refractivity contribution in [2.24, 2.45) is 128 Å². The van der Waals surface area contributed by atoms with E-state index in [2.05, 4.69) is 83.1 Å². The third-order valence-electron chi connectivity index (χ3n) is 26.6. The molecule has 0 aromatic heterocycles. The maximum Gasteiger partial charge on any atom is 0.333 e. The molecule has 10 saturated carbocycles. The Labute approximate surface area is 492 Å². The number of ether oxygens (including phenoxy) is 2. The molecule has 0 bridgehead atoms. The van der Waals surface area contributed by atoms with Gasteiger partial charge >= 0.3 is 17.2 Å². The lowest BCUT2D eigenvalue weighted by molar-refractivity contribution is -0.146. The van der Waals surface area contributed by atoms with Crippen LogP contribution in [0.4, 0.5) is 0 Å². The molecule has 0 radical (unpaired) electrons. The topological polar surface area (TPSA) is 73.8 Å². The Morgan fingerprint density at radius 2 is 0.550 bits per heavy atom. The Kier molecular flexibility index (Phi) is 18.4. The lowest BCUT2D eigenvalue weighted by atomic mass is 9.47. The Hall–Kier alpha value is 0.540. The van der Waals surface area contributed by atoms with Gasteiger partial charge in [-0.05, 0) is 218 Å². The zero-order valence-corrected chi connectivity index (χ0v) is 55.3. The minimum atomic E-state index is -1.64. The number of methoxy groups -OCH3 is 2. The van der Waals surface area contributed by atoms with Crippen molar-refractivity contribution < 1.29 is 36.6 Å². The van der Waals surface area contributed by atoms with Crippen molar-refractivity contribution in [3.63, 3.8) is 0 Å². The fourth-order valence-corrected chi connectivity index (χ4v) is 25.9. The Bertz CT molecular complexity index is 1790. The summed E-state index contributed by atoms with van der Waals surface area (Å²) in [7, 11) is 0.610. The zero-order chi connectivity index (χ0) is 56.2. The zero-order valence-electron chi connectivity index (χ0n) is 53.6. The van der Waals surface area contributed by atoms with Crippen LogP contribution in [0, 0.1) is 128 Å². The predicted octanol–water partition coefficient (Wildman–Crippen LogP) is 19.4. The fraction of sp³-hybridized carbons (Fsp3) is 1.00. The van der Waals surface area contributed by atoms with Gasteiger partial charge in [-0.25, -0.2) is 0 Å². The molecule has 458 valence electrons. The molecule has 0 aromatic rings. The maximum absolute atomic E-state index is 7.98. The molecule has 10 aliphatic carbocycles. The molecule has 10 heteroatoms. The first-order chi connectivity index (χ1) is 38.1. The highest BCUT2D eigenvalue weighted by Crippen LogP contribution is 2.70. The molecular formula is C70H120O8P2. The Morgan fingerprint density at radius 3 is 0.787 bits per heavy atom. The fourth-order valence-electron chi connectivity index (χ4n) is 22.6. The minimum Gasteiger partial charge on any atom is -0.381 e. The molecule has 0 N–H and O–H groups in total. The smallest absolute Gasteiger partial charge is 0.333 e. The van der Waals surface area contributed by atoms with E-state index < -0.39 is 17.2 Å². The van der Waals surface area contributed by atoms with E-state index in [1.54, 1.807) is 0 Å². The van der Waals surface area contributed by atoms with E-state index in [0.29, 0.717) is 47.3 Å². The molecule has 26 unspecified atom stereocenters. The number of hydrogen-bond donors (Lipinski definition) is 0. The van der Waals surface area contributed by atoms with Gasteiger partial charge in [-0.1, -0.05) is 160 Å². The highest BCUT2D eigenvalue weighted by Gasteiger charge is 2.65. The van der Waals surface area contributed by atoms with E-state index >= 15 is 0 Å². The second-order valence-corrected chi connectivity index (χ2v) is 36.8. The number of rotatable bonds is 7. The van der Waals surface area contributed by atoms with E-state index in [9.17, 15) is 0 Å². The van der Waals surface area contributed by atoms with Gasteiger partial charge in [-0.15, -0.1) is 0 Å². The molecule has 28 atom stereocenters. The number of fused-ring (bicyclic) bond motifs is 14. The van der Waals surface area contributed by atoms with Crippen molar-refractivity contribution in [2.75, 3.05) is 14.2 Å². The maximum atomic E-state index is 7.98. The first kappa shape index (κ1) is 60.8. The summed E-state index contributed by atoms with van der Waals surface area (Å²) in [6.45, 7) is 30.4. The second kappa shape index (κ2) is 24.1. The van der Waals surface area contributed by atoms with Crippen LogP contribution in [-0.4, -0.2) is 63.1 Å². The molecule has 8 nitrogen and oxygen atoms in total. The second-order valence-electron chi connectivity index (χ2n) is 34.7. The van der Waals surface area contributed by atoms with Crippen LogP contribution in [0.15, 0.2) is 0 Å². The molecular weight excluding hydrogens is 1030 g/mol. The molecule has 0 spiro atoms. The van der Waals surface area contributed by atoms with Crippen LogP contribution in [-0.2, 0) is 36.6 Å². The van der Waals surface area contributed by atoms with Crippen molar-refractivity contribution in [3.8, 4) is 0 Å². The summed E-state index contributed by atoms with van der Waals surface area (Å²) < 4.78 is 60.7. The lowest BCUT2D eigenvalue weighted by Crippen LogP contribution is -2.58. The van der Waals surface area contributed by atoms with E-state index in [1.807, 2.05) is 14.2 Å². The van der Waals surface area contributed by atoms with Crippen molar-refractivity contribution in [3.05, 3.63) is 0 Å². The SMILES string of the molecule is COC1CCC(OP2OC3C(C4CCCCC4CC3C(C)(C)C)C3C4CCCCC4C[C@@H](C(C)(C)C)C3O2)C(C2CC(OC)CCC2OP2OC3C(C4CCCCC4CC3C(C)(C)C)C3C4CCCCC4C[C@@H](C(C)(C)C)C3O2)C1. The van der Waals surface area contributed by atoms with Gasteiger partial charge in [0, 0.05) is 14.2 Å². The predicted molar refractivity (Wildman–Crippen MR) is 325 cm³/mol. The molecule has 2 aliphatic heterocycles. The van der Waals surface area contributed by atoms with Gasteiger partial charge < -0.3 is 36.6 Å². The normalized spacial score (nSPS) is 50.3. The summed E-state index contributed by atoms with van der Waals surface area (Å²) in [6.07, 6.45) is 34.0. The largest absolute Gasteiger partial charge is 0.381 e. The van der Waals surface area contributed by atoms with Crippen LogP contribution < -0.4 is 0 Å². The van der Waals surface area contributed by atoms with Gasteiger partial charge in [0.2, 0.25) is 0 Å². The van der Waals surface area contributed by atoms with E-state index in [0.717, 1.165) is 85.9 Å². The molecule has 2 saturated heterocycles. The summed E-state index contributed by atoms with van der Waals surface area (Å²) in [5, 5.41) is 0.